The first-order chi connectivity index (χ1) is 11.1. The van der Waals surface area contributed by atoms with E-state index < -0.39 is 6.03 Å². The average Bonchev–Trinajstić information content (AvgIpc) is 2.95. The maximum absolute atomic E-state index is 13.3. The summed E-state index contributed by atoms with van der Waals surface area (Å²) in [6, 6.07) is 11.4. The minimum absolute atomic E-state index is 0.237. The highest BCUT2D eigenvalue weighted by atomic mass is 19.1. The van der Waals surface area contributed by atoms with Crippen LogP contribution in [-0.4, -0.2) is 24.8 Å². The topological polar surface area (TPSA) is 55.8 Å². The second kappa shape index (κ2) is 6.26. The highest BCUT2D eigenvalue weighted by Gasteiger charge is 2.21. The van der Waals surface area contributed by atoms with E-state index in [1.54, 1.807) is 18.2 Å². The Morgan fingerprint density at radius 3 is 2.91 bits per heavy atom. The van der Waals surface area contributed by atoms with Crippen LogP contribution in [0.5, 0.6) is 0 Å². The molecule has 1 aliphatic rings. The predicted octanol–water partition coefficient (Wildman–Crippen LogP) is 2.92. The molecular formula is C17H18FN3O2. The van der Waals surface area contributed by atoms with Gasteiger partial charge in [-0.1, -0.05) is 12.1 Å². The van der Waals surface area contributed by atoms with E-state index in [1.165, 1.54) is 19.2 Å². The van der Waals surface area contributed by atoms with Crippen LogP contribution in [0.4, 0.5) is 20.6 Å². The molecule has 0 saturated heterocycles. The highest BCUT2D eigenvalue weighted by molar-refractivity contribution is 5.89. The maximum Gasteiger partial charge on any atom is 0.345 e. The Hall–Kier alpha value is -2.60. The van der Waals surface area contributed by atoms with Crippen molar-refractivity contribution in [3.05, 3.63) is 59.4 Å². The summed E-state index contributed by atoms with van der Waals surface area (Å²) in [5, 5.41) is 12.8. The molecule has 0 radical (unpaired) electrons. The molecule has 0 atom stereocenters. The zero-order valence-electron chi connectivity index (χ0n) is 12.8. The lowest BCUT2D eigenvalue weighted by Gasteiger charge is -2.20. The number of rotatable bonds is 3. The molecule has 0 spiro atoms. The standard InChI is InChI=1S/C17H18FN3O2/c1-19-17(22)21(23)15-5-6-16-13(10-15)7-8-20(16)11-12-3-2-4-14(18)9-12/h2-6,9-10,23H,7-8,11H2,1H3,(H,19,22). The Bertz CT molecular complexity index is 736. The molecule has 120 valence electrons. The lowest BCUT2D eigenvalue weighted by molar-refractivity contribution is 0.206. The Labute approximate surface area is 133 Å². The van der Waals surface area contributed by atoms with Gasteiger partial charge in [0.2, 0.25) is 0 Å². The van der Waals surface area contributed by atoms with Crippen molar-refractivity contribution in [3.8, 4) is 0 Å². The summed E-state index contributed by atoms with van der Waals surface area (Å²) in [5.41, 5.74) is 3.44. The fourth-order valence-electron chi connectivity index (χ4n) is 2.83. The van der Waals surface area contributed by atoms with E-state index in [0.717, 1.165) is 29.8 Å². The molecule has 0 aromatic heterocycles. The van der Waals surface area contributed by atoms with Gasteiger partial charge < -0.3 is 10.2 Å². The second-order valence-electron chi connectivity index (χ2n) is 5.48. The third-order valence-electron chi connectivity index (χ3n) is 3.97. The van der Waals surface area contributed by atoms with E-state index in [2.05, 4.69) is 10.2 Å². The molecule has 6 heteroatoms. The van der Waals surface area contributed by atoms with Crippen LogP contribution in [0.2, 0.25) is 0 Å². The number of anilines is 2. The van der Waals surface area contributed by atoms with E-state index in [0.29, 0.717) is 17.3 Å². The fraction of sp³-hybridized carbons (Fsp3) is 0.235. The number of fused-ring (bicyclic) bond motifs is 1. The predicted molar refractivity (Wildman–Crippen MR) is 86.3 cm³/mol. The van der Waals surface area contributed by atoms with Crippen LogP contribution in [0, 0.1) is 5.82 Å². The third kappa shape index (κ3) is 3.12. The first-order valence-electron chi connectivity index (χ1n) is 7.41. The van der Waals surface area contributed by atoms with Crippen molar-refractivity contribution in [3.63, 3.8) is 0 Å². The van der Waals surface area contributed by atoms with Crippen molar-refractivity contribution >= 4 is 17.4 Å². The number of hydroxylamine groups is 1. The van der Waals surface area contributed by atoms with Gasteiger partial charge in [-0.3, -0.25) is 5.21 Å². The largest absolute Gasteiger partial charge is 0.367 e. The smallest absolute Gasteiger partial charge is 0.345 e. The van der Waals surface area contributed by atoms with Gasteiger partial charge in [0.1, 0.15) is 5.82 Å². The van der Waals surface area contributed by atoms with Gasteiger partial charge in [-0.25, -0.2) is 9.18 Å². The van der Waals surface area contributed by atoms with E-state index in [-0.39, 0.29) is 5.82 Å². The SMILES string of the molecule is CNC(=O)N(O)c1ccc2c(c1)CCN2Cc1cccc(F)c1. The third-order valence-corrected chi connectivity index (χ3v) is 3.97. The van der Waals surface area contributed by atoms with Crippen LogP contribution < -0.4 is 15.3 Å². The lowest BCUT2D eigenvalue weighted by atomic mass is 10.1. The molecule has 0 unspecified atom stereocenters. The number of nitrogens with zero attached hydrogens (tertiary/aromatic N) is 2. The lowest BCUT2D eigenvalue weighted by Crippen LogP contribution is -2.35. The van der Waals surface area contributed by atoms with Crippen molar-refractivity contribution in [2.75, 3.05) is 23.6 Å². The molecular weight excluding hydrogens is 297 g/mol. The Morgan fingerprint density at radius 1 is 1.35 bits per heavy atom. The number of urea groups is 1. The minimum atomic E-state index is -0.584. The van der Waals surface area contributed by atoms with Crippen molar-refractivity contribution in [2.24, 2.45) is 0 Å². The van der Waals surface area contributed by atoms with Gasteiger partial charge in [-0.2, -0.15) is 5.06 Å². The van der Waals surface area contributed by atoms with Gasteiger partial charge in [0.25, 0.3) is 0 Å². The molecule has 2 N–H and O–H groups in total. The summed E-state index contributed by atoms with van der Waals surface area (Å²) in [4.78, 5) is 13.6. The molecule has 2 amide bonds. The van der Waals surface area contributed by atoms with E-state index in [1.807, 2.05) is 12.1 Å². The number of hydrogen-bond acceptors (Lipinski definition) is 3. The van der Waals surface area contributed by atoms with Crippen LogP contribution in [0.25, 0.3) is 0 Å². The summed E-state index contributed by atoms with van der Waals surface area (Å²) in [5.74, 6) is -0.237. The molecule has 5 nitrogen and oxygen atoms in total. The zero-order valence-corrected chi connectivity index (χ0v) is 12.8. The van der Waals surface area contributed by atoms with Crippen LogP contribution in [0.3, 0.4) is 0 Å². The van der Waals surface area contributed by atoms with Gasteiger partial charge in [-0.05, 0) is 47.9 Å². The quantitative estimate of drug-likeness (QED) is 0.676. The van der Waals surface area contributed by atoms with Crippen molar-refractivity contribution in [1.29, 1.82) is 0 Å². The minimum Gasteiger partial charge on any atom is -0.367 e. The number of benzene rings is 2. The summed E-state index contributed by atoms with van der Waals surface area (Å²) >= 11 is 0. The van der Waals surface area contributed by atoms with Crippen molar-refractivity contribution < 1.29 is 14.4 Å². The number of nitrogens with one attached hydrogen (secondary N) is 1. The molecule has 1 aliphatic heterocycles. The Kier molecular flexibility index (Phi) is 4.16. The molecule has 2 aromatic rings. The van der Waals surface area contributed by atoms with E-state index in [4.69, 9.17) is 0 Å². The number of amides is 2. The molecule has 23 heavy (non-hydrogen) atoms. The number of carbonyl (C=O) groups is 1. The molecule has 2 aromatic carbocycles. The average molecular weight is 315 g/mol. The number of halogens is 1. The van der Waals surface area contributed by atoms with Crippen LogP contribution in [0.15, 0.2) is 42.5 Å². The Morgan fingerprint density at radius 2 is 2.17 bits per heavy atom. The van der Waals surface area contributed by atoms with Gasteiger partial charge >= 0.3 is 6.03 Å². The molecule has 0 fully saturated rings. The van der Waals surface area contributed by atoms with Crippen LogP contribution >= 0.6 is 0 Å². The Balaban J connectivity index is 1.80. The van der Waals surface area contributed by atoms with Crippen molar-refractivity contribution in [1.82, 2.24) is 5.32 Å². The molecule has 0 aliphatic carbocycles. The van der Waals surface area contributed by atoms with Gasteiger partial charge in [-0.15, -0.1) is 0 Å². The second-order valence-corrected chi connectivity index (χ2v) is 5.48. The molecule has 1 heterocycles. The maximum atomic E-state index is 13.3. The van der Waals surface area contributed by atoms with Gasteiger partial charge in [0.05, 0.1) is 5.69 Å². The normalized spacial score (nSPS) is 12.9. The van der Waals surface area contributed by atoms with Gasteiger partial charge in [0, 0.05) is 25.8 Å². The first kappa shape index (κ1) is 15.3. The van der Waals surface area contributed by atoms with Crippen molar-refractivity contribution in [2.45, 2.75) is 13.0 Å². The number of carbonyl (C=O) groups excluding carboxylic acids is 1. The zero-order chi connectivity index (χ0) is 16.4. The van der Waals surface area contributed by atoms with Gasteiger partial charge in [0.15, 0.2) is 0 Å². The summed E-state index contributed by atoms with van der Waals surface area (Å²) in [6.45, 7) is 1.45. The van der Waals surface area contributed by atoms with Crippen LogP contribution in [0.1, 0.15) is 11.1 Å². The molecule has 0 saturated carbocycles. The summed E-state index contributed by atoms with van der Waals surface area (Å²) in [7, 11) is 1.46. The summed E-state index contributed by atoms with van der Waals surface area (Å²) in [6.07, 6.45) is 0.820. The first-order valence-corrected chi connectivity index (χ1v) is 7.41. The van der Waals surface area contributed by atoms with E-state index >= 15 is 0 Å². The monoisotopic (exact) mass is 315 g/mol. The van der Waals surface area contributed by atoms with E-state index in [9.17, 15) is 14.4 Å². The summed E-state index contributed by atoms with van der Waals surface area (Å²) < 4.78 is 13.3. The fourth-order valence-corrected chi connectivity index (χ4v) is 2.83. The molecule has 3 rings (SSSR count). The number of hydrogen-bond donors (Lipinski definition) is 2. The van der Waals surface area contributed by atoms with Crippen LogP contribution in [-0.2, 0) is 13.0 Å². The molecule has 0 bridgehead atoms. The highest BCUT2D eigenvalue weighted by Crippen LogP contribution is 2.32.